The molecular formula is C18H19ClN2O4S. The standard InChI is InChI=1S/C18H19ClN2O4S/c1-3-8-20-16(22)11(2)25-18(24)13-7-6-12(19)10-14(13)21-17(23)15-5-4-9-26-15/h4-7,9-11H,3,8H2,1-2H3,(H,20,22)(H,21,23)/t11-/m1/s1. The molecule has 0 fully saturated rings. The zero-order valence-electron chi connectivity index (χ0n) is 14.4. The Morgan fingerprint density at radius 3 is 2.69 bits per heavy atom. The molecule has 1 aromatic carbocycles. The van der Waals surface area contributed by atoms with Gasteiger partial charge in [0.1, 0.15) is 0 Å². The molecular weight excluding hydrogens is 376 g/mol. The number of ether oxygens (including phenoxy) is 1. The van der Waals surface area contributed by atoms with E-state index in [4.69, 9.17) is 16.3 Å². The SMILES string of the molecule is CCCNC(=O)[C@@H](C)OC(=O)c1ccc(Cl)cc1NC(=O)c1cccs1. The Morgan fingerprint density at radius 2 is 2.04 bits per heavy atom. The van der Waals surface area contributed by atoms with E-state index in [1.54, 1.807) is 17.5 Å². The topological polar surface area (TPSA) is 84.5 Å². The maximum atomic E-state index is 12.4. The van der Waals surface area contributed by atoms with Crippen molar-refractivity contribution in [1.82, 2.24) is 5.32 Å². The highest BCUT2D eigenvalue weighted by atomic mass is 35.5. The molecule has 26 heavy (non-hydrogen) atoms. The van der Waals surface area contributed by atoms with Crippen LogP contribution in [0.15, 0.2) is 35.7 Å². The molecule has 138 valence electrons. The summed E-state index contributed by atoms with van der Waals surface area (Å²) in [5.41, 5.74) is 0.344. The lowest BCUT2D eigenvalue weighted by Gasteiger charge is -2.15. The number of hydrogen-bond donors (Lipinski definition) is 2. The monoisotopic (exact) mass is 394 g/mol. The highest BCUT2D eigenvalue weighted by Gasteiger charge is 2.22. The summed E-state index contributed by atoms with van der Waals surface area (Å²) in [7, 11) is 0. The summed E-state index contributed by atoms with van der Waals surface area (Å²) in [4.78, 5) is 37.0. The summed E-state index contributed by atoms with van der Waals surface area (Å²) in [6.07, 6.45) is -0.173. The largest absolute Gasteiger partial charge is 0.449 e. The van der Waals surface area contributed by atoms with Crippen molar-refractivity contribution in [2.24, 2.45) is 0 Å². The molecule has 6 nitrogen and oxygen atoms in total. The number of rotatable bonds is 7. The fraction of sp³-hybridized carbons (Fsp3) is 0.278. The molecule has 0 aliphatic carbocycles. The molecule has 1 atom stereocenters. The van der Waals surface area contributed by atoms with Gasteiger partial charge in [-0.2, -0.15) is 0 Å². The van der Waals surface area contributed by atoms with Gasteiger partial charge in [-0.3, -0.25) is 9.59 Å². The van der Waals surface area contributed by atoms with Crippen molar-refractivity contribution in [2.75, 3.05) is 11.9 Å². The van der Waals surface area contributed by atoms with Crippen molar-refractivity contribution < 1.29 is 19.1 Å². The molecule has 2 amide bonds. The summed E-state index contributed by atoms with van der Waals surface area (Å²) < 4.78 is 5.21. The average Bonchev–Trinajstić information content (AvgIpc) is 3.14. The highest BCUT2D eigenvalue weighted by molar-refractivity contribution is 7.12. The zero-order valence-corrected chi connectivity index (χ0v) is 15.9. The van der Waals surface area contributed by atoms with Gasteiger partial charge < -0.3 is 15.4 Å². The molecule has 0 aliphatic rings. The van der Waals surface area contributed by atoms with Gasteiger partial charge in [-0.1, -0.05) is 24.6 Å². The van der Waals surface area contributed by atoms with Gasteiger partial charge in [0.2, 0.25) is 0 Å². The molecule has 1 aromatic heterocycles. The minimum atomic E-state index is -0.953. The summed E-state index contributed by atoms with van der Waals surface area (Å²) in [6.45, 7) is 3.92. The molecule has 0 saturated carbocycles. The van der Waals surface area contributed by atoms with E-state index in [2.05, 4.69) is 10.6 Å². The fourth-order valence-corrected chi connectivity index (χ4v) is 2.85. The first-order valence-electron chi connectivity index (χ1n) is 8.05. The summed E-state index contributed by atoms with van der Waals surface area (Å²) in [6, 6.07) is 7.85. The smallest absolute Gasteiger partial charge is 0.341 e. The van der Waals surface area contributed by atoms with Crippen LogP contribution in [0.2, 0.25) is 5.02 Å². The molecule has 0 unspecified atom stereocenters. The number of halogens is 1. The van der Waals surface area contributed by atoms with Gasteiger partial charge >= 0.3 is 5.97 Å². The van der Waals surface area contributed by atoms with Crippen molar-refractivity contribution in [3.8, 4) is 0 Å². The van der Waals surface area contributed by atoms with E-state index in [0.29, 0.717) is 16.4 Å². The molecule has 0 bridgehead atoms. The molecule has 0 radical (unpaired) electrons. The van der Waals surface area contributed by atoms with E-state index in [1.807, 2.05) is 6.92 Å². The molecule has 0 saturated heterocycles. The number of thiophene rings is 1. The Hall–Kier alpha value is -2.38. The first-order valence-corrected chi connectivity index (χ1v) is 9.31. The van der Waals surface area contributed by atoms with Gasteiger partial charge in [-0.05, 0) is 43.0 Å². The van der Waals surface area contributed by atoms with Gasteiger partial charge in [0.15, 0.2) is 6.10 Å². The van der Waals surface area contributed by atoms with Crippen molar-refractivity contribution in [3.05, 3.63) is 51.2 Å². The van der Waals surface area contributed by atoms with Crippen molar-refractivity contribution in [2.45, 2.75) is 26.4 Å². The van der Waals surface area contributed by atoms with E-state index in [9.17, 15) is 14.4 Å². The van der Waals surface area contributed by atoms with E-state index >= 15 is 0 Å². The van der Waals surface area contributed by atoms with Crippen LogP contribution in [0.25, 0.3) is 0 Å². The quantitative estimate of drug-likeness (QED) is 0.701. The van der Waals surface area contributed by atoms with Crippen LogP contribution < -0.4 is 10.6 Å². The summed E-state index contributed by atoms with van der Waals surface area (Å²) in [5.74, 6) is -1.45. The number of esters is 1. The second-order valence-corrected chi connectivity index (χ2v) is 6.84. The number of benzene rings is 1. The number of hydrogen-bond acceptors (Lipinski definition) is 5. The average molecular weight is 395 g/mol. The highest BCUT2D eigenvalue weighted by Crippen LogP contribution is 2.24. The first-order chi connectivity index (χ1) is 12.4. The maximum absolute atomic E-state index is 12.4. The number of nitrogens with one attached hydrogen (secondary N) is 2. The zero-order chi connectivity index (χ0) is 19.1. The molecule has 0 aliphatic heterocycles. The van der Waals surface area contributed by atoms with Crippen LogP contribution in [-0.2, 0) is 9.53 Å². The van der Waals surface area contributed by atoms with Gasteiger partial charge in [0, 0.05) is 11.6 Å². The van der Waals surface area contributed by atoms with Gasteiger partial charge in [-0.15, -0.1) is 11.3 Å². The molecule has 8 heteroatoms. The van der Waals surface area contributed by atoms with Gasteiger partial charge in [0.05, 0.1) is 16.1 Å². The lowest BCUT2D eigenvalue weighted by atomic mass is 10.1. The van der Waals surface area contributed by atoms with Crippen molar-refractivity contribution in [3.63, 3.8) is 0 Å². The number of carbonyl (C=O) groups excluding carboxylic acids is 3. The minimum Gasteiger partial charge on any atom is -0.449 e. The predicted molar refractivity (Wildman–Crippen MR) is 102 cm³/mol. The van der Waals surface area contributed by atoms with Crippen LogP contribution in [0.4, 0.5) is 5.69 Å². The second kappa shape index (κ2) is 9.35. The maximum Gasteiger partial charge on any atom is 0.341 e. The summed E-state index contributed by atoms with van der Waals surface area (Å²) in [5, 5.41) is 7.45. The van der Waals surface area contributed by atoms with E-state index in [0.717, 1.165) is 6.42 Å². The lowest BCUT2D eigenvalue weighted by molar-refractivity contribution is -0.129. The molecule has 2 rings (SSSR count). The fourth-order valence-electron chi connectivity index (χ4n) is 2.06. The lowest BCUT2D eigenvalue weighted by Crippen LogP contribution is -2.36. The Bertz CT molecular complexity index is 792. The van der Waals surface area contributed by atoms with Crippen LogP contribution in [0, 0.1) is 0 Å². The van der Waals surface area contributed by atoms with Crippen LogP contribution in [0.5, 0.6) is 0 Å². The normalized spacial score (nSPS) is 11.5. The predicted octanol–water partition coefficient (Wildman–Crippen LogP) is 3.73. The van der Waals surface area contributed by atoms with Crippen molar-refractivity contribution >= 4 is 46.4 Å². The van der Waals surface area contributed by atoms with Crippen LogP contribution in [0.1, 0.15) is 40.3 Å². The molecule has 0 spiro atoms. The Labute approximate surface area is 160 Å². The number of carbonyl (C=O) groups is 3. The van der Waals surface area contributed by atoms with E-state index in [1.165, 1.54) is 36.5 Å². The van der Waals surface area contributed by atoms with Crippen molar-refractivity contribution in [1.29, 1.82) is 0 Å². The Kier molecular flexibility index (Phi) is 7.17. The van der Waals surface area contributed by atoms with E-state index in [-0.39, 0.29) is 23.1 Å². The molecule has 1 heterocycles. The third kappa shape index (κ3) is 5.31. The summed E-state index contributed by atoms with van der Waals surface area (Å²) >= 11 is 7.26. The van der Waals surface area contributed by atoms with E-state index < -0.39 is 12.1 Å². The number of amides is 2. The molecule has 2 N–H and O–H groups in total. The number of anilines is 1. The Morgan fingerprint density at radius 1 is 1.27 bits per heavy atom. The van der Waals surface area contributed by atoms with Gasteiger partial charge in [-0.25, -0.2) is 4.79 Å². The third-order valence-electron chi connectivity index (χ3n) is 3.40. The third-order valence-corrected chi connectivity index (χ3v) is 4.50. The van der Waals surface area contributed by atoms with Gasteiger partial charge in [0.25, 0.3) is 11.8 Å². The minimum absolute atomic E-state index is 0.120. The molecule has 2 aromatic rings. The second-order valence-electron chi connectivity index (χ2n) is 5.46. The van der Waals surface area contributed by atoms with Crippen LogP contribution in [0.3, 0.4) is 0 Å². The first kappa shape index (κ1) is 19.9. The van der Waals surface area contributed by atoms with Crippen LogP contribution >= 0.6 is 22.9 Å². The Balaban J connectivity index is 2.14. The van der Waals surface area contributed by atoms with Crippen LogP contribution in [-0.4, -0.2) is 30.4 Å².